The second-order valence-corrected chi connectivity index (χ2v) is 4.86. The van der Waals surface area contributed by atoms with Crippen LogP contribution in [0.1, 0.15) is 12.8 Å². The van der Waals surface area contributed by atoms with Crippen molar-refractivity contribution in [2.45, 2.75) is 25.0 Å². The lowest BCUT2D eigenvalue weighted by atomic mass is 10.1. The Hall–Kier alpha value is -1.42. The standard InChI is InChI=1S/C13H18N2O2/c1-15-6-2-3-10(15)13-8-16-11-5-4-9(14)7-12(11)17-13/h4-5,7,10,13H,2-3,6,8,14H2,1H3/t10-,13+/m0/s1. The number of benzene rings is 1. The van der Waals surface area contributed by atoms with Gasteiger partial charge in [0.05, 0.1) is 0 Å². The number of ether oxygens (including phenoxy) is 2. The van der Waals surface area contributed by atoms with Crippen molar-refractivity contribution >= 4 is 5.69 Å². The summed E-state index contributed by atoms with van der Waals surface area (Å²) in [4.78, 5) is 2.35. The van der Waals surface area contributed by atoms with E-state index in [9.17, 15) is 0 Å². The average molecular weight is 234 g/mol. The lowest BCUT2D eigenvalue weighted by molar-refractivity contribution is 0.0370. The minimum absolute atomic E-state index is 0.122. The third-order valence-electron chi connectivity index (χ3n) is 3.66. The van der Waals surface area contributed by atoms with Gasteiger partial charge in [-0.25, -0.2) is 0 Å². The predicted octanol–water partition coefficient (Wildman–Crippen LogP) is 1.50. The first-order chi connectivity index (χ1) is 8.24. The molecular formula is C13H18N2O2. The smallest absolute Gasteiger partial charge is 0.163 e. The Morgan fingerprint density at radius 1 is 1.35 bits per heavy atom. The van der Waals surface area contributed by atoms with Gasteiger partial charge in [0.15, 0.2) is 11.5 Å². The second kappa shape index (κ2) is 4.11. The molecule has 17 heavy (non-hydrogen) atoms. The number of hydrogen-bond acceptors (Lipinski definition) is 4. The number of nitrogen functional groups attached to an aromatic ring is 1. The van der Waals surface area contributed by atoms with Gasteiger partial charge in [0, 0.05) is 17.8 Å². The normalized spacial score (nSPS) is 28.3. The minimum Gasteiger partial charge on any atom is -0.486 e. The first kappa shape index (κ1) is 10.7. The molecule has 0 aromatic heterocycles. The van der Waals surface area contributed by atoms with Crippen LogP contribution >= 0.6 is 0 Å². The first-order valence-corrected chi connectivity index (χ1v) is 6.13. The van der Waals surface area contributed by atoms with E-state index in [1.54, 1.807) is 0 Å². The Bertz CT molecular complexity index is 422. The number of nitrogens with zero attached hydrogens (tertiary/aromatic N) is 1. The number of likely N-dealkylation sites (N-methyl/N-ethyl adjacent to an activating group) is 1. The molecule has 0 amide bonds. The molecule has 2 atom stereocenters. The van der Waals surface area contributed by atoms with Gasteiger partial charge in [-0.15, -0.1) is 0 Å². The van der Waals surface area contributed by atoms with E-state index in [4.69, 9.17) is 15.2 Å². The zero-order valence-corrected chi connectivity index (χ0v) is 10.1. The predicted molar refractivity (Wildman–Crippen MR) is 66.4 cm³/mol. The number of nitrogens with two attached hydrogens (primary N) is 1. The van der Waals surface area contributed by atoms with E-state index >= 15 is 0 Å². The maximum Gasteiger partial charge on any atom is 0.163 e. The molecule has 4 nitrogen and oxygen atoms in total. The summed E-state index contributed by atoms with van der Waals surface area (Å²) in [6.45, 7) is 1.78. The molecule has 0 unspecified atom stereocenters. The third kappa shape index (κ3) is 1.93. The summed E-state index contributed by atoms with van der Waals surface area (Å²) in [5.41, 5.74) is 6.48. The molecule has 0 aliphatic carbocycles. The molecule has 1 aromatic rings. The molecule has 0 saturated carbocycles. The maximum atomic E-state index is 6.02. The van der Waals surface area contributed by atoms with Crippen molar-refractivity contribution in [2.24, 2.45) is 0 Å². The highest BCUT2D eigenvalue weighted by Crippen LogP contribution is 2.35. The van der Waals surface area contributed by atoms with Gasteiger partial charge in [-0.3, -0.25) is 4.90 Å². The fraction of sp³-hybridized carbons (Fsp3) is 0.538. The Morgan fingerprint density at radius 3 is 3.00 bits per heavy atom. The summed E-state index contributed by atoms with van der Waals surface area (Å²) >= 11 is 0. The van der Waals surface area contributed by atoms with Crippen LogP contribution in [-0.2, 0) is 0 Å². The monoisotopic (exact) mass is 234 g/mol. The number of anilines is 1. The number of hydrogen-bond donors (Lipinski definition) is 1. The second-order valence-electron chi connectivity index (χ2n) is 4.86. The zero-order chi connectivity index (χ0) is 11.8. The van der Waals surface area contributed by atoms with Crippen molar-refractivity contribution in [1.82, 2.24) is 4.90 Å². The third-order valence-corrected chi connectivity index (χ3v) is 3.66. The largest absolute Gasteiger partial charge is 0.486 e. The van der Waals surface area contributed by atoms with Crippen molar-refractivity contribution in [3.63, 3.8) is 0 Å². The molecule has 2 aliphatic heterocycles. The van der Waals surface area contributed by atoms with Gasteiger partial charge in [0.2, 0.25) is 0 Å². The summed E-state index contributed by atoms with van der Waals surface area (Å²) in [7, 11) is 2.15. The molecule has 2 aliphatic rings. The zero-order valence-electron chi connectivity index (χ0n) is 10.1. The summed E-state index contributed by atoms with van der Waals surface area (Å²) in [5, 5.41) is 0. The maximum absolute atomic E-state index is 6.02. The van der Waals surface area contributed by atoms with Crippen LogP contribution in [0.4, 0.5) is 5.69 Å². The molecule has 92 valence electrons. The highest BCUT2D eigenvalue weighted by atomic mass is 16.6. The highest BCUT2D eigenvalue weighted by molar-refractivity contribution is 5.52. The van der Waals surface area contributed by atoms with Crippen molar-refractivity contribution in [3.05, 3.63) is 18.2 Å². The molecule has 2 N–H and O–H groups in total. The lowest BCUT2D eigenvalue weighted by Gasteiger charge is -2.33. The Kier molecular flexibility index (Phi) is 2.59. The fourth-order valence-corrected chi connectivity index (χ4v) is 2.70. The molecular weight excluding hydrogens is 216 g/mol. The van der Waals surface area contributed by atoms with Gasteiger partial charge in [0.1, 0.15) is 12.7 Å². The quantitative estimate of drug-likeness (QED) is 0.748. The summed E-state index contributed by atoms with van der Waals surface area (Å²) in [5.74, 6) is 1.58. The number of likely N-dealkylation sites (tertiary alicyclic amines) is 1. The molecule has 1 aromatic carbocycles. The van der Waals surface area contributed by atoms with E-state index in [-0.39, 0.29) is 6.10 Å². The van der Waals surface area contributed by atoms with Crippen LogP contribution in [0.25, 0.3) is 0 Å². The van der Waals surface area contributed by atoms with Crippen LogP contribution in [0.15, 0.2) is 18.2 Å². The molecule has 4 heteroatoms. The molecule has 2 heterocycles. The van der Waals surface area contributed by atoms with Crippen molar-refractivity contribution in [1.29, 1.82) is 0 Å². The highest BCUT2D eigenvalue weighted by Gasteiger charge is 2.34. The number of rotatable bonds is 1. The van der Waals surface area contributed by atoms with Gasteiger partial charge >= 0.3 is 0 Å². The topological polar surface area (TPSA) is 47.7 Å². The molecule has 0 spiro atoms. The van der Waals surface area contributed by atoms with Gasteiger partial charge in [-0.05, 0) is 38.6 Å². The van der Waals surface area contributed by atoms with E-state index in [1.165, 1.54) is 12.8 Å². The van der Waals surface area contributed by atoms with Gasteiger partial charge in [0.25, 0.3) is 0 Å². The summed E-state index contributed by atoms with van der Waals surface area (Å²) in [6, 6.07) is 6.02. The van der Waals surface area contributed by atoms with Gasteiger partial charge in [-0.2, -0.15) is 0 Å². The van der Waals surface area contributed by atoms with Crippen LogP contribution in [0.2, 0.25) is 0 Å². The van der Waals surface area contributed by atoms with Gasteiger partial charge < -0.3 is 15.2 Å². The van der Waals surface area contributed by atoms with Crippen molar-refractivity contribution in [2.75, 3.05) is 25.9 Å². The van der Waals surface area contributed by atoms with Crippen LogP contribution in [0.5, 0.6) is 11.5 Å². The molecule has 1 fully saturated rings. The lowest BCUT2D eigenvalue weighted by Crippen LogP contribution is -2.45. The van der Waals surface area contributed by atoms with Crippen LogP contribution < -0.4 is 15.2 Å². The van der Waals surface area contributed by atoms with Gasteiger partial charge in [-0.1, -0.05) is 0 Å². The van der Waals surface area contributed by atoms with Crippen LogP contribution in [0.3, 0.4) is 0 Å². The molecule has 1 saturated heterocycles. The van der Waals surface area contributed by atoms with E-state index < -0.39 is 0 Å². The average Bonchev–Trinajstić information content (AvgIpc) is 2.74. The first-order valence-electron chi connectivity index (χ1n) is 6.13. The van der Waals surface area contributed by atoms with E-state index in [0.29, 0.717) is 18.3 Å². The molecule has 3 rings (SSSR count). The fourth-order valence-electron chi connectivity index (χ4n) is 2.70. The summed E-state index contributed by atoms with van der Waals surface area (Å²) in [6.07, 6.45) is 2.55. The SMILES string of the molecule is CN1CCC[C@H]1[C@H]1COc2ccc(N)cc2O1. The van der Waals surface area contributed by atoms with Crippen LogP contribution in [0, 0.1) is 0 Å². The summed E-state index contributed by atoms with van der Waals surface area (Å²) < 4.78 is 11.8. The van der Waals surface area contributed by atoms with Crippen molar-refractivity contribution < 1.29 is 9.47 Å². The van der Waals surface area contributed by atoms with E-state index in [0.717, 1.165) is 18.0 Å². The number of fused-ring (bicyclic) bond motifs is 1. The van der Waals surface area contributed by atoms with E-state index in [2.05, 4.69) is 11.9 Å². The molecule has 0 radical (unpaired) electrons. The van der Waals surface area contributed by atoms with Crippen LogP contribution in [-0.4, -0.2) is 37.2 Å². The Morgan fingerprint density at radius 2 is 2.24 bits per heavy atom. The van der Waals surface area contributed by atoms with E-state index in [1.807, 2.05) is 18.2 Å². The van der Waals surface area contributed by atoms with Crippen molar-refractivity contribution in [3.8, 4) is 11.5 Å². The Labute approximate surface area is 101 Å². The molecule has 0 bridgehead atoms. The Balaban J connectivity index is 1.80. The minimum atomic E-state index is 0.122.